The molecule has 0 spiro atoms. The summed E-state index contributed by atoms with van der Waals surface area (Å²) in [6.07, 6.45) is 11.2. The van der Waals surface area contributed by atoms with E-state index in [9.17, 15) is 4.79 Å². The second-order valence-corrected chi connectivity index (χ2v) is 12.0. The number of nitrogens with one attached hydrogen (secondary N) is 1. The van der Waals surface area contributed by atoms with Crippen molar-refractivity contribution in [2.45, 2.75) is 31.8 Å². The number of carbonyl (C=O) groups is 1. The molecule has 2 aliphatic rings. The molecule has 5 heterocycles. The van der Waals surface area contributed by atoms with Gasteiger partial charge in [0.15, 0.2) is 5.82 Å². The van der Waals surface area contributed by atoms with Crippen molar-refractivity contribution in [1.82, 2.24) is 33.9 Å². The summed E-state index contributed by atoms with van der Waals surface area (Å²) in [6, 6.07) is 14.1. The first-order valence-electron chi connectivity index (χ1n) is 15.4. The third-order valence-electron chi connectivity index (χ3n) is 8.97. The lowest BCUT2D eigenvalue weighted by molar-refractivity contribution is -0.127. The van der Waals surface area contributed by atoms with Crippen molar-refractivity contribution in [2.24, 2.45) is 7.05 Å². The summed E-state index contributed by atoms with van der Waals surface area (Å²) >= 11 is 0. The van der Waals surface area contributed by atoms with Crippen LogP contribution in [0.4, 0.5) is 11.5 Å². The number of likely N-dealkylation sites (tertiary alicyclic amines) is 2. The van der Waals surface area contributed by atoms with E-state index in [0.29, 0.717) is 12.0 Å². The van der Waals surface area contributed by atoms with Crippen LogP contribution in [0.25, 0.3) is 16.6 Å². The number of anilines is 2. The molecule has 1 amide bonds. The number of carbonyl (C=O) groups excluding carboxylic acids is 1. The van der Waals surface area contributed by atoms with Crippen LogP contribution in [0.2, 0.25) is 0 Å². The number of aromatic nitrogens is 5. The minimum absolute atomic E-state index is 0.0878. The predicted molar refractivity (Wildman–Crippen MR) is 173 cm³/mol. The average molecular weight is 607 g/mol. The summed E-state index contributed by atoms with van der Waals surface area (Å²) in [5.41, 5.74) is 6.04. The Morgan fingerprint density at radius 1 is 1.09 bits per heavy atom. The van der Waals surface area contributed by atoms with E-state index in [1.54, 1.807) is 25.8 Å². The molecule has 0 atom stereocenters. The monoisotopic (exact) mass is 606 g/mol. The van der Waals surface area contributed by atoms with Crippen LogP contribution in [-0.4, -0.2) is 85.8 Å². The highest BCUT2D eigenvalue weighted by atomic mass is 16.5. The number of ether oxygens (including phenoxy) is 2. The first-order valence-corrected chi connectivity index (χ1v) is 15.4. The number of imidazole rings is 1. The van der Waals surface area contributed by atoms with Crippen molar-refractivity contribution in [3.05, 3.63) is 84.6 Å². The van der Waals surface area contributed by atoms with Gasteiger partial charge in [-0.3, -0.25) is 9.69 Å². The summed E-state index contributed by atoms with van der Waals surface area (Å²) in [5.74, 6) is 2.68. The molecule has 11 heteroatoms. The van der Waals surface area contributed by atoms with Gasteiger partial charge < -0.3 is 24.3 Å². The Hall–Kier alpha value is -4.74. The fourth-order valence-corrected chi connectivity index (χ4v) is 6.32. The number of nitrogens with zero attached hydrogens (tertiary/aromatic N) is 7. The van der Waals surface area contributed by atoms with E-state index in [1.807, 2.05) is 70.6 Å². The maximum Gasteiger partial charge on any atom is 0.246 e. The van der Waals surface area contributed by atoms with Crippen LogP contribution in [0.5, 0.6) is 11.5 Å². The smallest absolute Gasteiger partial charge is 0.246 e. The Labute approximate surface area is 262 Å². The zero-order valence-electron chi connectivity index (χ0n) is 25.9. The summed E-state index contributed by atoms with van der Waals surface area (Å²) in [7, 11) is 3.72. The second kappa shape index (κ2) is 12.3. The number of fused-ring (bicyclic) bond motifs is 2. The van der Waals surface area contributed by atoms with Gasteiger partial charge in [0.25, 0.3) is 0 Å². The van der Waals surface area contributed by atoms with Crippen LogP contribution in [0.1, 0.15) is 29.9 Å². The van der Waals surface area contributed by atoms with E-state index >= 15 is 0 Å². The molecule has 0 aliphatic carbocycles. The van der Waals surface area contributed by atoms with Gasteiger partial charge in [-0.2, -0.15) is 5.10 Å². The topological polar surface area (TPSA) is 102 Å². The Morgan fingerprint density at radius 3 is 2.73 bits per heavy atom. The van der Waals surface area contributed by atoms with Crippen molar-refractivity contribution in [2.75, 3.05) is 45.2 Å². The van der Waals surface area contributed by atoms with Crippen molar-refractivity contribution in [3.8, 4) is 11.5 Å². The molecule has 2 saturated heterocycles. The van der Waals surface area contributed by atoms with Crippen molar-refractivity contribution < 1.29 is 14.3 Å². The average Bonchev–Trinajstić information content (AvgIpc) is 3.63. The highest BCUT2D eigenvalue weighted by Crippen LogP contribution is 2.35. The van der Waals surface area contributed by atoms with E-state index in [1.165, 1.54) is 5.56 Å². The van der Waals surface area contributed by atoms with Crippen molar-refractivity contribution in [3.63, 3.8) is 0 Å². The highest BCUT2D eigenvalue weighted by Gasteiger charge is 2.27. The molecule has 3 aromatic heterocycles. The maximum absolute atomic E-state index is 12.8. The molecule has 2 aromatic carbocycles. The van der Waals surface area contributed by atoms with Gasteiger partial charge in [0.2, 0.25) is 5.91 Å². The van der Waals surface area contributed by atoms with Gasteiger partial charge in [-0.25, -0.2) is 14.5 Å². The van der Waals surface area contributed by atoms with Gasteiger partial charge in [0, 0.05) is 70.9 Å². The molecular weight excluding hydrogens is 568 g/mol. The third-order valence-corrected chi connectivity index (χ3v) is 8.97. The molecule has 45 heavy (non-hydrogen) atoms. The number of amides is 1. The number of aryl methyl sites for hydroxylation is 2. The van der Waals surface area contributed by atoms with Gasteiger partial charge in [-0.05, 0) is 73.2 Å². The zero-order chi connectivity index (χ0) is 30.9. The van der Waals surface area contributed by atoms with Gasteiger partial charge >= 0.3 is 0 Å². The van der Waals surface area contributed by atoms with Crippen LogP contribution in [0.15, 0.2) is 73.5 Å². The molecule has 11 nitrogen and oxygen atoms in total. The number of benzene rings is 2. The molecule has 2 aliphatic heterocycles. The molecule has 1 N–H and O–H groups in total. The minimum atomic E-state index is 0.0878. The lowest BCUT2D eigenvalue weighted by Crippen LogP contribution is -2.51. The van der Waals surface area contributed by atoms with E-state index in [0.717, 1.165) is 90.7 Å². The van der Waals surface area contributed by atoms with E-state index in [4.69, 9.17) is 9.47 Å². The Balaban J connectivity index is 1.00. The molecular formula is C34H38N8O3. The molecule has 7 rings (SSSR count). The SMILES string of the molecule is COC1CN(C/C=C/C(=O)N2CCC(c3ccn4ncnc(Nc5ccc(Oc6ccc7c(c6)ncn7C)c(C)c5)c34)CC2)C1. The number of hydrogen-bond donors (Lipinski definition) is 1. The Bertz CT molecular complexity index is 1860. The standard InChI is InChI=1S/C34H38N8O3/c1-23-17-25(6-9-31(23)45-26-7-8-30-29(18-26)36-22-39(30)2)38-34-33-28(12-16-42(33)37-21-35-34)24-10-14-41(15-11-24)32(43)5-4-13-40-19-27(20-40)44-3/h4-9,12,16-18,21-22,24,27H,10-11,13-15,19-20H2,1-3H3,(H,35,37,38)/b5-4+. The summed E-state index contributed by atoms with van der Waals surface area (Å²) in [4.78, 5) is 26.1. The van der Waals surface area contributed by atoms with Crippen LogP contribution in [0.3, 0.4) is 0 Å². The first kappa shape index (κ1) is 29.0. The number of hydrogen-bond acceptors (Lipinski definition) is 8. The van der Waals surface area contributed by atoms with Crippen LogP contribution in [0, 0.1) is 6.92 Å². The van der Waals surface area contributed by atoms with E-state index in [2.05, 4.69) is 37.4 Å². The molecule has 0 radical (unpaired) electrons. The molecule has 5 aromatic rings. The highest BCUT2D eigenvalue weighted by molar-refractivity contribution is 5.87. The van der Waals surface area contributed by atoms with E-state index < -0.39 is 0 Å². The summed E-state index contributed by atoms with van der Waals surface area (Å²) in [6.45, 7) is 6.12. The third kappa shape index (κ3) is 6.01. The first-order chi connectivity index (χ1) is 21.9. The van der Waals surface area contributed by atoms with Crippen LogP contribution >= 0.6 is 0 Å². The molecule has 0 unspecified atom stereocenters. The predicted octanol–water partition coefficient (Wildman–Crippen LogP) is 5.05. The van der Waals surface area contributed by atoms with Gasteiger partial charge in [0.05, 0.1) is 23.5 Å². The number of methoxy groups -OCH3 is 1. The zero-order valence-corrected chi connectivity index (χ0v) is 25.9. The summed E-state index contributed by atoms with van der Waals surface area (Å²) < 4.78 is 15.4. The lowest BCUT2D eigenvalue weighted by Gasteiger charge is -2.37. The second-order valence-electron chi connectivity index (χ2n) is 12.0. The largest absolute Gasteiger partial charge is 0.457 e. The van der Waals surface area contributed by atoms with Crippen molar-refractivity contribution in [1.29, 1.82) is 0 Å². The normalized spacial score (nSPS) is 16.6. The quantitative estimate of drug-likeness (QED) is 0.233. The van der Waals surface area contributed by atoms with Gasteiger partial charge in [-0.1, -0.05) is 6.08 Å². The number of piperidine rings is 1. The molecule has 0 bridgehead atoms. The fraction of sp³-hybridized carbons (Fsp3) is 0.353. The van der Waals surface area contributed by atoms with Crippen molar-refractivity contribution >= 4 is 34.0 Å². The van der Waals surface area contributed by atoms with E-state index in [-0.39, 0.29) is 5.91 Å². The molecule has 0 saturated carbocycles. The Kier molecular flexibility index (Phi) is 7.95. The maximum atomic E-state index is 12.8. The van der Waals surface area contributed by atoms with Crippen LogP contribution < -0.4 is 10.1 Å². The van der Waals surface area contributed by atoms with Gasteiger partial charge in [0.1, 0.15) is 23.3 Å². The minimum Gasteiger partial charge on any atom is -0.457 e. The Morgan fingerprint density at radius 2 is 1.93 bits per heavy atom. The number of rotatable bonds is 9. The van der Waals surface area contributed by atoms with Crippen LogP contribution in [-0.2, 0) is 16.6 Å². The molecule has 2 fully saturated rings. The van der Waals surface area contributed by atoms with Gasteiger partial charge in [-0.15, -0.1) is 0 Å². The fourth-order valence-electron chi connectivity index (χ4n) is 6.32. The molecule has 232 valence electrons. The lowest BCUT2D eigenvalue weighted by atomic mass is 9.90. The summed E-state index contributed by atoms with van der Waals surface area (Å²) in [5, 5.41) is 7.99.